The molecule has 0 spiro atoms. The number of fused-ring (bicyclic) bond motifs is 1. The maximum absolute atomic E-state index is 13.3. The number of pyridine rings is 1. The molecule has 0 bridgehead atoms. The number of aryl methyl sites for hydroxylation is 1. The Labute approximate surface area is 191 Å². The highest BCUT2D eigenvalue weighted by Gasteiger charge is 2.29. The minimum Gasteiger partial charge on any atom is -0.496 e. The van der Waals surface area contributed by atoms with Crippen LogP contribution in [0.3, 0.4) is 0 Å². The van der Waals surface area contributed by atoms with Crippen LogP contribution in [0.2, 0.25) is 0 Å². The first-order chi connectivity index (χ1) is 16.0. The lowest BCUT2D eigenvalue weighted by Crippen LogP contribution is -2.08. The minimum absolute atomic E-state index is 0.0132. The van der Waals surface area contributed by atoms with Gasteiger partial charge in [0.2, 0.25) is 0 Å². The van der Waals surface area contributed by atoms with E-state index >= 15 is 0 Å². The Morgan fingerprint density at radius 3 is 2.73 bits per heavy atom. The molecule has 1 aliphatic heterocycles. The van der Waals surface area contributed by atoms with Crippen molar-refractivity contribution in [3.05, 3.63) is 94.8 Å². The number of hydrogen-bond acceptors (Lipinski definition) is 5. The molecule has 33 heavy (non-hydrogen) atoms. The first kappa shape index (κ1) is 21.0. The highest BCUT2D eigenvalue weighted by molar-refractivity contribution is 5.98. The van der Waals surface area contributed by atoms with Gasteiger partial charge < -0.3 is 4.74 Å². The van der Waals surface area contributed by atoms with Gasteiger partial charge in [-0.3, -0.25) is 9.78 Å². The zero-order chi connectivity index (χ0) is 22.9. The van der Waals surface area contributed by atoms with E-state index in [-0.39, 0.29) is 24.1 Å². The van der Waals surface area contributed by atoms with E-state index in [1.165, 1.54) is 12.1 Å². The van der Waals surface area contributed by atoms with Gasteiger partial charge in [0.05, 0.1) is 31.0 Å². The minimum atomic E-state index is -0.262. The van der Waals surface area contributed by atoms with Crippen molar-refractivity contribution >= 4 is 5.78 Å². The van der Waals surface area contributed by atoms with Gasteiger partial charge in [-0.05, 0) is 61.2 Å². The molecule has 0 amide bonds. The van der Waals surface area contributed by atoms with Crippen molar-refractivity contribution in [2.24, 2.45) is 0 Å². The predicted molar refractivity (Wildman–Crippen MR) is 122 cm³/mol. The van der Waals surface area contributed by atoms with Gasteiger partial charge in [-0.15, -0.1) is 5.10 Å². The van der Waals surface area contributed by atoms with Gasteiger partial charge in [0.1, 0.15) is 11.6 Å². The largest absolute Gasteiger partial charge is 0.496 e. The normalized spacial score (nSPS) is 14.8. The number of halogens is 1. The van der Waals surface area contributed by atoms with E-state index < -0.39 is 0 Å². The monoisotopic (exact) mass is 442 g/mol. The van der Waals surface area contributed by atoms with Gasteiger partial charge >= 0.3 is 0 Å². The second-order valence-corrected chi connectivity index (χ2v) is 8.30. The van der Waals surface area contributed by atoms with Gasteiger partial charge in [0.15, 0.2) is 5.78 Å². The molecule has 0 saturated heterocycles. The molecule has 7 heteroatoms. The SMILES string of the molecule is COc1cc(C(=O)Cc2nnn3c2CCC3c2ccc(F)cc2)ccc1-c1cncc(C)c1. The van der Waals surface area contributed by atoms with Crippen LogP contribution < -0.4 is 4.74 Å². The number of rotatable bonds is 6. The summed E-state index contributed by atoms with van der Waals surface area (Å²) >= 11 is 0. The molecular formula is C26H23FN4O2. The molecule has 1 atom stereocenters. The Hall–Kier alpha value is -3.87. The van der Waals surface area contributed by atoms with Crippen molar-refractivity contribution in [2.45, 2.75) is 32.2 Å². The maximum Gasteiger partial charge on any atom is 0.169 e. The summed E-state index contributed by atoms with van der Waals surface area (Å²) in [6.07, 6.45) is 5.38. The molecule has 3 heterocycles. The predicted octanol–water partition coefficient (Wildman–Crippen LogP) is 4.76. The molecule has 166 valence electrons. The summed E-state index contributed by atoms with van der Waals surface area (Å²) in [5.74, 6) is 0.315. The summed E-state index contributed by atoms with van der Waals surface area (Å²) in [7, 11) is 1.60. The molecule has 0 radical (unpaired) electrons. The molecule has 1 unspecified atom stereocenters. The highest BCUT2D eigenvalue weighted by atomic mass is 19.1. The van der Waals surface area contributed by atoms with Crippen LogP contribution in [0.25, 0.3) is 11.1 Å². The van der Waals surface area contributed by atoms with Crippen molar-refractivity contribution in [3.63, 3.8) is 0 Å². The van der Waals surface area contributed by atoms with E-state index in [4.69, 9.17) is 4.74 Å². The zero-order valence-electron chi connectivity index (χ0n) is 18.5. The summed E-state index contributed by atoms with van der Waals surface area (Å²) in [6, 6.07) is 14.0. The summed E-state index contributed by atoms with van der Waals surface area (Å²) in [6.45, 7) is 1.98. The summed E-state index contributed by atoms with van der Waals surface area (Å²) in [5, 5.41) is 8.60. The quantitative estimate of drug-likeness (QED) is 0.403. The highest BCUT2D eigenvalue weighted by Crippen LogP contribution is 2.34. The lowest BCUT2D eigenvalue weighted by molar-refractivity contribution is 0.0991. The molecule has 4 aromatic rings. The Bertz CT molecular complexity index is 1330. The summed E-state index contributed by atoms with van der Waals surface area (Å²) in [5.41, 5.74) is 6.08. The van der Waals surface area contributed by atoms with Gasteiger partial charge in [0.25, 0.3) is 0 Å². The van der Waals surface area contributed by atoms with Crippen LogP contribution in [0.4, 0.5) is 4.39 Å². The van der Waals surface area contributed by atoms with Gasteiger partial charge in [-0.1, -0.05) is 23.4 Å². The Balaban J connectivity index is 1.38. The van der Waals surface area contributed by atoms with E-state index in [1.807, 2.05) is 29.8 Å². The number of Topliss-reactive ketones (excluding diaryl/α,β-unsaturated/α-hetero) is 1. The molecule has 6 nitrogen and oxygen atoms in total. The van der Waals surface area contributed by atoms with Crippen molar-refractivity contribution in [3.8, 4) is 16.9 Å². The molecule has 5 rings (SSSR count). The molecule has 0 N–H and O–H groups in total. The van der Waals surface area contributed by atoms with E-state index in [9.17, 15) is 9.18 Å². The Kier molecular flexibility index (Phi) is 5.46. The van der Waals surface area contributed by atoms with Gasteiger partial charge in [-0.25, -0.2) is 9.07 Å². The smallest absolute Gasteiger partial charge is 0.169 e. The fourth-order valence-electron chi connectivity index (χ4n) is 4.44. The average molecular weight is 442 g/mol. The van der Waals surface area contributed by atoms with Crippen LogP contribution >= 0.6 is 0 Å². The number of hydrogen-bond donors (Lipinski definition) is 0. The third kappa shape index (κ3) is 4.02. The Morgan fingerprint density at radius 2 is 1.97 bits per heavy atom. The van der Waals surface area contributed by atoms with E-state index in [1.54, 1.807) is 37.7 Å². The second kappa shape index (κ2) is 8.58. The molecule has 0 fully saturated rings. The number of methoxy groups -OCH3 is 1. The lowest BCUT2D eigenvalue weighted by Gasteiger charge is -2.11. The van der Waals surface area contributed by atoms with Gasteiger partial charge in [0, 0.05) is 29.1 Å². The molecule has 2 aromatic heterocycles. The molecule has 1 aliphatic rings. The summed E-state index contributed by atoms with van der Waals surface area (Å²) in [4.78, 5) is 17.3. The van der Waals surface area contributed by atoms with Crippen LogP contribution in [0.5, 0.6) is 5.75 Å². The number of carbonyl (C=O) groups is 1. The lowest BCUT2D eigenvalue weighted by atomic mass is 9.99. The number of nitrogens with zero attached hydrogens (tertiary/aromatic N) is 4. The number of ether oxygens (including phenoxy) is 1. The van der Waals surface area contributed by atoms with Crippen molar-refractivity contribution in [2.75, 3.05) is 7.11 Å². The first-order valence-corrected chi connectivity index (χ1v) is 10.8. The first-order valence-electron chi connectivity index (χ1n) is 10.8. The standard InChI is InChI=1S/C26H23FN4O2/c1-16-11-19(15-28-14-16)21-8-5-18(12-26(21)33-2)25(32)13-22-24-10-9-23(31(24)30-29-22)17-3-6-20(27)7-4-17/h3-8,11-12,14-15,23H,9-10,13H2,1-2H3. The van der Waals surface area contributed by atoms with Crippen molar-refractivity contribution < 1.29 is 13.9 Å². The topological polar surface area (TPSA) is 69.9 Å². The second-order valence-electron chi connectivity index (χ2n) is 8.30. The van der Waals surface area contributed by atoms with Crippen LogP contribution in [0.1, 0.15) is 45.3 Å². The number of ketones is 1. The fraction of sp³-hybridized carbons (Fsp3) is 0.231. The van der Waals surface area contributed by atoms with E-state index in [0.29, 0.717) is 17.0 Å². The number of benzene rings is 2. The van der Waals surface area contributed by atoms with Crippen LogP contribution in [0.15, 0.2) is 60.9 Å². The van der Waals surface area contributed by atoms with Crippen molar-refractivity contribution in [1.29, 1.82) is 0 Å². The van der Waals surface area contributed by atoms with Crippen LogP contribution in [-0.4, -0.2) is 32.9 Å². The molecule has 0 saturated carbocycles. The summed E-state index contributed by atoms with van der Waals surface area (Å²) < 4.78 is 20.7. The third-order valence-electron chi connectivity index (χ3n) is 6.11. The molecule has 0 aliphatic carbocycles. The number of aromatic nitrogens is 4. The molecule has 2 aromatic carbocycles. The van der Waals surface area contributed by atoms with Gasteiger partial charge in [-0.2, -0.15) is 0 Å². The maximum atomic E-state index is 13.3. The van der Waals surface area contributed by atoms with Crippen LogP contribution in [-0.2, 0) is 12.8 Å². The third-order valence-corrected chi connectivity index (χ3v) is 6.11. The molecular weight excluding hydrogens is 419 g/mol. The number of carbonyl (C=O) groups excluding carboxylic acids is 1. The van der Waals surface area contributed by atoms with E-state index in [0.717, 1.165) is 40.8 Å². The fourth-order valence-corrected chi connectivity index (χ4v) is 4.44. The van der Waals surface area contributed by atoms with Crippen molar-refractivity contribution in [1.82, 2.24) is 20.0 Å². The van der Waals surface area contributed by atoms with E-state index in [2.05, 4.69) is 15.3 Å². The van der Waals surface area contributed by atoms with Crippen LogP contribution in [0, 0.1) is 12.7 Å². The zero-order valence-corrected chi connectivity index (χ0v) is 18.5. The Morgan fingerprint density at radius 1 is 1.15 bits per heavy atom. The average Bonchev–Trinajstić information content (AvgIpc) is 3.42.